The van der Waals surface area contributed by atoms with E-state index in [9.17, 15) is 19.7 Å². The predicted molar refractivity (Wildman–Crippen MR) is 99.6 cm³/mol. The summed E-state index contributed by atoms with van der Waals surface area (Å²) in [5, 5.41) is 11.1. The molecule has 0 aliphatic carbocycles. The number of carbonyl (C=O) groups excluding carboxylic acids is 2. The van der Waals surface area contributed by atoms with Crippen molar-refractivity contribution < 1.29 is 24.0 Å². The monoisotopic (exact) mass is 385 g/mol. The van der Waals surface area contributed by atoms with Crippen LogP contribution in [0.3, 0.4) is 0 Å². The van der Waals surface area contributed by atoms with Gasteiger partial charge in [-0.2, -0.15) is 0 Å². The number of primary amides is 1. The van der Waals surface area contributed by atoms with Crippen LogP contribution in [0.4, 0.5) is 10.5 Å². The SMILES string of the molecule is COc1ccc(CN2C[C@@H](OC(N)=O)CC2=O)cc1-c1cccc([N+](=O)[O-])c1. The smallest absolute Gasteiger partial charge is 0.404 e. The number of ether oxygens (including phenoxy) is 2. The minimum atomic E-state index is -0.906. The average Bonchev–Trinajstić information content (AvgIpc) is 2.99. The first kappa shape index (κ1) is 19.2. The standard InChI is InChI=1S/C19H19N3O6/c1-27-17-6-5-12(10-21-11-15(9-18(21)23)28-19(20)24)7-16(17)13-3-2-4-14(8-13)22(25)26/h2-8,15H,9-11H2,1H3,(H2,20,24)/t15-/m0/s1. The number of methoxy groups -OCH3 is 1. The van der Waals surface area contributed by atoms with Crippen molar-refractivity contribution in [3.63, 3.8) is 0 Å². The lowest BCUT2D eigenvalue weighted by Gasteiger charge is -2.18. The Morgan fingerprint density at radius 3 is 2.79 bits per heavy atom. The van der Waals surface area contributed by atoms with Crippen molar-refractivity contribution >= 4 is 17.7 Å². The van der Waals surface area contributed by atoms with Crippen LogP contribution in [0.15, 0.2) is 42.5 Å². The highest BCUT2D eigenvalue weighted by molar-refractivity contribution is 5.80. The molecule has 1 saturated heterocycles. The summed E-state index contributed by atoms with van der Waals surface area (Å²) < 4.78 is 10.3. The molecule has 0 unspecified atom stereocenters. The molecule has 9 nitrogen and oxygen atoms in total. The number of nitrogens with zero attached hydrogens (tertiary/aromatic N) is 2. The van der Waals surface area contributed by atoms with Crippen LogP contribution in [0.5, 0.6) is 5.75 Å². The van der Waals surface area contributed by atoms with Crippen molar-refractivity contribution in [1.29, 1.82) is 0 Å². The largest absolute Gasteiger partial charge is 0.496 e. The van der Waals surface area contributed by atoms with Crippen LogP contribution < -0.4 is 10.5 Å². The minimum Gasteiger partial charge on any atom is -0.496 e. The molecule has 0 spiro atoms. The summed E-state index contributed by atoms with van der Waals surface area (Å²) in [6, 6.07) is 11.6. The second-order valence-electron chi connectivity index (χ2n) is 6.38. The van der Waals surface area contributed by atoms with Gasteiger partial charge in [0, 0.05) is 24.2 Å². The summed E-state index contributed by atoms with van der Waals surface area (Å²) in [4.78, 5) is 35.2. The van der Waals surface area contributed by atoms with Crippen molar-refractivity contribution in [2.45, 2.75) is 19.1 Å². The van der Waals surface area contributed by atoms with Crippen molar-refractivity contribution in [2.24, 2.45) is 5.73 Å². The lowest BCUT2D eigenvalue weighted by molar-refractivity contribution is -0.384. The Morgan fingerprint density at radius 1 is 1.32 bits per heavy atom. The van der Waals surface area contributed by atoms with Gasteiger partial charge < -0.3 is 20.1 Å². The van der Waals surface area contributed by atoms with Gasteiger partial charge in [-0.05, 0) is 23.3 Å². The molecule has 2 aromatic carbocycles. The van der Waals surface area contributed by atoms with E-state index in [1.807, 2.05) is 12.1 Å². The fourth-order valence-electron chi connectivity index (χ4n) is 3.22. The maximum atomic E-state index is 12.2. The number of nitro benzene ring substituents is 1. The van der Waals surface area contributed by atoms with Crippen LogP contribution in [0.25, 0.3) is 11.1 Å². The topological polar surface area (TPSA) is 125 Å². The van der Waals surface area contributed by atoms with Crippen LogP contribution in [-0.2, 0) is 16.1 Å². The minimum absolute atomic E-state index is 0.0221. The van der Waals surface area contributed by atoms with Gasteiger partial charge in [-0.1, -0.05) is 18.2 Å². The van der Waals surface area contributed by atoms with Gasteiger partial charge in [0.1, 0.15) is 11.9 Å². The van der Waals surface area contributed by atoms with E-state index in [-0.39, 0.29) is 24.6 Å². The molecule has 1 aliphatic heterocycles. The molecule has 2 N–H and O–H groups in total. The van der Waals surface area contributed by atoms with E-state index < -0.39 is 17.1 Å². The first-order valence-electron chi connectivity index (χ1n) is 8.53. The molecule has 1 heterocycles. The highest BCUT2D eigenvalue weighted by Crippen LogP contribution is 2.33. The van der Waals surface area contributed by atoms with Crippen LogP contribution >= 0.6 is 0 Å². The maximum Gasteiger partial charge on any atom is 0.404 e. The van der Waals surface area contributed by atoms with Crippen molar-refractivity contribution in [1.82, 2.24) is 4.90 Å². The van der Waals surface area contributed by atoms with Gasteiger partial charge in [0.05, 0.1) is 25.0 Å². The molecule has 0 radical (unpaired) electrons. The second-order valence-corrected chi connectivity index (χ2v) is 6.38. The van der Waals surface area contributed by atoms with E-state index in [2.05, 4.69) is 0 Å². The van der Waals surface area contributed by atoms with Gasteiger partial charge in [0.25, 0.3) is 5.69 Å². The number of carbonyl (C=O) groups is 2. The summed E-state index contributed by atoms with van der Waals surface area (Å²) in [6.07, 6.45) is -1.37. The van der Waals surface area contributed by atoms with Gasteiger partial charge in [-0.3, -0.25) is 14.9 Å². The molecule has 0 bridgehead atoms. The first-order valence-corrected chi connectivity index (χ1v) is 8.53. The van der Waals surface area contributed by atoms with Gasteiger partial charge >= 0.3 is 6.09 Å². The molecule has 28 heavy (non-hydrogen) atoms. The number of likely N-dealkylation sites (tertiary alicyclic amines) is 1. The van der Waals surface area contributed by atoms with E-state index in [1.54, 1.807) is 23.1 Å². The highest BCUT2D eigenvalue weighted by Gasteiger charge is 2.31. The Labute approximate surface area is 160 Å². The average molecular weight is 385 g/mol. The van der Waals surface area contributed by atoms with Gasteiger partial charge in [-0.25, -0.2) is 4.79 Å². The zero-order valence-corrected chi connectivity index (χ0v) is 15.2. The van der Waals surface area contributed by atoms with Crippen LogP contribution in [-0.4, -0.2) is 41.6 Å². The molecule has 3 rings (SSSR count). The summed E-state index contributed by atoms with van der Waals surface area (Å²) in [6.45, 7) is 0.573. The third kappa shape index (κ3) is 4.20. The number of nitrogens with two attached hydrogens (primary N) is 1. The number of non-ortho nitro benzene ring substituents is 1. The molecule has 2 amide bonds. The number of rotatable bonds is 6. The van der Waals surface area contributed by atoms with E-state index in [0.717, 1.165) is 5.56 Å². The normalized spacial score (nSPS) is 16.1. The lowest BCUT2D eigenvalue weighted by Crippen LogP contribution is -2.28. The Hall–Kier alpha value is -3.62. The molecule has 146 valence electrons. The van der Waals surface area contributed by atoms with Gasteiger partial charge in [-0.15, -0.1) is 0 Å². The van der Waals surface area contributed by atoms with Gasteiger partial charge in [0.2, 0.25) is 5.91 Å². The second kappa shape index (κ2) is 7.95. The quantitative estimate of drug-likeness (QED) is 0.601. The molecular weight excluding hydrogens is 366 g/mol. The summed E-state index contributed by atoms with van der Waals surface area (Å²) in [7, 11) is 1.52. The first-order chi connectivity index (χ1) is 13.4. The summed E-state index contributed by atoms with van der Waals surface area (Å²) in [5.74, 6) is 0.422. The van der Waals surface area contributed by atoms with Crippen LogP contribution in [0, 0.1) is 10.1 Å². The van der Waals surface area contributed by atoms with E-state index in [1.165, 1.54) is 19.2 Å². The molecule has 1 fully saturated rings. The molecule has 1 aliphatic rings. The van der Waals surface area contributed by atoms with E-state index in [4.69, 9.17) is 15.2 Å². The molecule has 2 aromatic rings. The third-order valence-electron chi connectivity index (χ3n) is 4.47. The highest BCUT2D eigenvalue weighted by atomic mass is 16.6. The molecule has 0 aromatic heterocycles. The Morgan fingerprint density at radius 2 is 2.11 bits per heavy atom. The Balaban J connectivity index is 1.85. The zero-order chi connectivity index (χ0) is 20.3. The van der Waals surface area contributed by atoms with Crippen molar-refractivity contribution in [3.05, 3.63) is 58.1 Å². The summed E-state index contributed by atoms with van der Waals surface area (Å²) in [5.41, 5.74) is 7.12. The van der Waals surface area contributed by atoms with E-state index >= 15 is 0 Å². The van der Waals surface area contributed by atoms with Crippen molar-refractivity contribution in [3.8, 4) is 16.9 Å². The molecule has 9 heteroatoms. The number of hydrogen-bond donors (Lipinski definition) is 1. The van der Waals surface area contributed by atoms with Crippen LogP contribution in [0.2, 0.25) is 0 Å². The number of benzene rings is 2. The van der Waals surface area contributed by atoms with E-state index in [0.29, 0.717) is 23.4 Å². The Kier molecular flexibility index (Phi) is 5.44. The molecule has 1 atom stereocenters. The maximum absolute atomic E-state index is 12.2. The fraction of sp³-hybridized carbons (Fsp3) is 0.263. The summed E-state index contributed by atoms with van der Waals surface area (Å²) >= 11 is 0. The number of hydrogen-bond acceptors (Lipinski definition) is 6. The van der Waals surface area contributed by atoms with Gasteiger partial charge in [0.15, 0.2) is 0 Å². The lowest BCUT2D eigenvalue weighted by atomic mass is 10.0. The van der Waals surface area contributed by atoms with Crippen LogP contribution in [0.1, 0.15) is 12.0 Å². The predicted octanol–water partition coefficient (Wildman–Crippen LogP) is 2.47. The van der Waals surface area contributed by atoms with Crippen molar-refractivity contribution in [2.75, 3.05) is 13.7 Å². The number of amides is 2. The molecule has 0 saturated carbocycles. The number of nitro groups is 1. The zero-order valence-electron chi connectivity index (χ0n) is 15.2. The fourth-order valence-corrected chi connectivity index (χ4v) is 3.22. The Bertz CT molecular complexity index is 930. The molecular formula is C19H19N3O6. The third-order valence-corrected chi connectivity index (χ3v) is 4.47.